The van der Waals surface area contributed by atoms with Crippen LogP contribution in [0, 0.1) is 5.92 Å². The molecule has 0 unspecified atom stereocenters. The number of ether oxygens (including phenoxy) is 2. The fraction of sp³-hybridized carbons (Fsp3) is 0.538. The first-order valence-electron chi connectivity index (χ1n) is 6.18. The number of nitrogens with one attached hydrogen (secondary N) is 1. The van der Waals surface area contributed by atoms with Crippen molar-refractivity contribution in [3.63, 3.8) is 0 Å². The van der Waals surface area contributed by atoms with E-state index in [1.807, 2.05) is 19.9 Å². The van der Waals surface area contributed by atoms with Gasteiger partial charge in [0.25, 0.3) is 0 Å². The number of hydrogen-bond acceptors (Lipinski definition) is 5. The second kappa shape index (κ2) is 5.35. The number of aliphatic hydroxyl groups is 1. The number of anilines is 2. The summed E-state index contributed by atoms with van der Waals surface area (Å²) < 4.78 is 11.0. The van der Waals surface area contributed by atoms with E-state index in [0.29, 0.717) is 36.3 Å². The molecule has 2 rings (SSSR count). The Kier molecular flexibility index (Phi) is 3.81. The van der Waals surface area contributed by atoms with E-state index in [9.17, 15) is 5.11 Å². The number of benzene rings is 1. The van der Waals surface area contributed by atoms with Crippen LogP contribution in [0.2, 0.25) is 0 Å². The zero-order valence-electron chi connectivity index (χ0n) is 10.8. The number of rotatable bonds is 4. The third-order valence-corrected chi connectivity index (χ3v) is 3.06. The normalized spacial score (nSPS) is 15.6. The fourth-order valence-corrected chi connectivity index (χ4v) is 1.85. The Balaban J connectivity index is 2.22. The fourth-order valence-electron chi connectivity index (χ4n) is 1.85. The lowest BCUT2D eigenvalue weighted by atomic mass is 10.0. The second-order valence-electron chi connectivity index (χ2n) is 4.76. The number of nitrogens with two attached hydrogens (primary N) is 1. The standard InChI is InChI=1S/C13H20N2O3/c1-8(2)11(7-16)15-10-6-13-12(5-9(10)14)17-3-4-18-13/h5-6,8,11,15-16H,3-4,7,14H2,1-2H3/t11-/m1/s1. The number of nitrogen functional groups attached to an aromatic ring is 1. The molecule has 1 aromatic rings. The molecule has 1 aliphatic rings. The minimum absolute atomic E-state index is 0.0325. The maximum Gasteiger partial charge on any atom is 0.163 e. The Morgan fingerprint density at radius 3 is 2.44 bits per heavy atom. The van der Waals surface area contributed by atoms with E-state index in [0.717, 1.165) is 5.69 Å². The molecule has 0 saturated heterocycles. The Morgan fingerprint density at radius 2 is 1.89 bits per heavy atom. The molecule has 1 heterocycles. The average molecular weight is 252 g/mol. The molecular formula is C13H20N2O3. The molecule has 1 aliphatic heterocycles. The topological polar surface area (TPSA) is 76.7 Å². The Bertz CT molecular complexity index is 421. The molecule has 0 spiro atoms. The van der Waals surface area contributed by atoms with Gasteiger partial charge >= 0.3 is 0 Å². The van der Waals surface area contributed by atoms with E-state index >= 15 is 0 Å². The zero-order chi connectivity index (χ0) is 13.1. The van der Waals surface area contributed by atoms with Crippen molar-refractivity contribution in [1.82, 2.24) is 0 Å². The van der Waals surface area contributed by atoms with Crippen LogP contribution in [0.5, 0.6) is 11.5 Å². The van der Waals surface area contributed by atoms with Gasteiger partial charge in [0.1, 0.15) is 13.2 Å². The van der Waals surface area contributed by atoms with E-state index in [1.165, 1.54) is 0 Å². The highest BCUT2D eigenvalue weighted by Gasteiger charge is 2.18. The SMILES string of the molecule is CC(C)[C@@H](CO)Nc1cc2c(cc1N)OCCO2. The van der Waals surface area contributed by atoms with Gasteiger partial charge in [-0.3, -0.25) is 0 Å². The van der Waals surface area contributed by atoms with Crippen molar-refractivity contribution in [3.05, 3.63) is 12.1 Å². The molecule has 1 aromatic carbocycles. The molecule has 0 amide bonds. The third-order valence-electron chi connectivity index (χ3n) is 3.06. The maximum absolute atomic E-state index is 9.33. The van der Waals surface area contributed by atoms with Gasteiger partial charge in [-0.15, -0.1) is 0 Å². The van der Waals surface area contributed by atoms with Crippen molar-refractivity contribution in [1.29, 1.82) is 0 Å². The molecule has 100 valence electrons. The highest BCUT2D eigenvalue weighted by atomic mass is 16.6. The quantitative estimate of drug-likeness (QED) is 0.707. The maximum atomic E-state index is 9.33. The highest BCUT2D eigenvalue weighted by molar-refractivity contribution is 5.72. The largest absolute Gasteiger partial charge is 0.486 e. The summed E-state index contributed by atoms with van der Waals surface area (Å²) in [6.07, 6.45) is 0. The summed E-state index contributed by atoms with van der Waals surface area (Å²) in [6, 6.07) is 3.55. The molecule has 0 saturated carbocycles. The van der Waals surface area contributed by atoms with Crippen LogP contribution in [-0.2, 0) is 0 Å². The Labute approximate surface area is 107 Å². The summed E-state index contributed by atoms with van der Waals surface area (Å²) in [7, 11) is 0. The van der Waals surface area contributed by atoms with Crippen molar-refractivity contribution in [2.45, 2.75) is 19.9 Å². The van der Waals surface area contributed by atoms with Gasteiger partial charge in [0, 0.05) is 12.1 Å². The molecule has 0 fully saturated rings. The Hall–Kier alpha value is -1.62. The Morgan fingerprint density at radius 1 is 1.28 bits per heavy atom. The van der Waals surface area contributed by atoms with Crippen LogP contribution in [0.1, 0.15) is 13.8 Å². The smallest absolute Gasteiger partial charge is 0.163 e. The van der Waals surface area contributed by atoms with Crippen LogP contribution >= 0.6 is 0 Å². The van der Waals surface area contributed by atoms with Crippen LogP contribution in [-0.4, -0.2) is 31.0 Å². The van der Waals surface area contributed by atoms with E-state index in [2.05, 4.69) is 5.32 Å². The van der Waals surface area contributed by atoms with Gasteiger partial charge in [0.2, 0.25) is 0 Å². The first-order chi connectivity index (χ1) is 8.61. The van der Waals surface area contributed by atoms with Crippen molar-refractivity contribution in [2.75, 3.05) is 30.9 Å². The third kappa shape index (κ3) is 2.61. The first-order valence-corrected chi connectivity index (χ1v) is 6.18. The van der Waals surface area contributed by atoms with Crippen molar-refractivity contribution in [3.8, 4) is 11.5 Å². The van der Waals surface area contributed by atoms with Gasteiger partial charge in [0.15, 0.2) is 11.5 Å². The van der Waals surface area contributed by atoms with Gasteiger partial charge in [0.05, 0.1) is 24.0 Å². The zero-order valence-corrected chi connectivity index (χ0v) is 10.8. The lowest BCUT2D eigenvalue weighted by molar-refractivity contribution is 0.172. The second-order valence-corrected chi connectivity index (χ2v) is 4.76. The molecule has 5 heteroatoms. The highest BCUT2D eigenvalue weighted by Crippen LogP contribution is 2.37. The molecule has 0 aromatic heterocycles. The molecule has 4 N–H and O–H groups in total. The van der Waals surface area contributed by atoms with Gasteiger partial charge in [-0.25, -0.2) is 0 Å². The molecule has 5 nitrogen and oxygen atoms in total. The molecular weight excluding hydrogens is 232 g/mol. The van der Waals surface area contributed by atoms with E-state index < -0.39 is 0 Å². The van der Waals surface area contributed by atoms with Gasteiger partial charge < -0.3 is 25.6 Å². The average Bonchev–Trinajstić information content (AvgIpc) is 2.35. The van der Waals surface area contributed by atoms with Crippen LogP contribution < -0.4 is 20.5 Å². The van der Waals surface area contributed by atoms with Crippen molar-refractivity contribution >= 4 is 11.4 Å². The summed E-state index contributed by atoms with van der Waals surface area (Å²) in [4.78, 5) is 0. The van der Waals surface area contributed by atoms with Gasteiger partial charge in [-0.1, -0.05) is 13.8 Å². The lowest BCUT2D eigenvalue weighted by Gasteiger charge is -2.24. The van der Waals surface area contributed by atoms with E-state index in [1.54, 1.807) is 6.07 Å². The molecule has 0 aliphatic carbocycles. The first kappa shape index (κ1) is 12.8. The van der Waals surface area contributed by atoms with Gasteiger partial charge in [-0.05, 0) is 5.92 Å². The molecule has 0 radical (unpaired) electrons. The summed E-state index contributed by atoms with van der Waals surface area (Å²) in [5, 5.41) is 12.6. The van der Waals surface area contributed by atoms with E-state index in [4.69, 9.17) is 15.2 Å². The minimum atomic E-state index is -0.0325. The van der Waals surface area contributed by atoms with Crippen LogP contribution in [0.4, 0.5) is 11.4 Å². The lowest BCUT2D eigenvalue weighted by Crippen LogP contribution is -2.30. The summed E-state index contributed by atoms with van der Waals surface area (Å²) in [5.74, 6) is 1.68. The van der Waals surface area contributed by atoms with Crippen LogP contribution in [0.3, 0.4) is 0 Å². The summed E-state index contributed by atoms with van der Waals surface area (Å²) in [6.45, 7) is 5.24. The number of hydrogen-bond donors (Lipinski definition) is 3. The summed E-state index contributed by atoms with van der Waals surface area (Å²) >= 11 is 0. The molecule has 1 atom stereocenters. The molecule has 18 heavy (non-hydrogen) atoms. The minimum Gasteiger partial charge on any atom is -0.486 e. The predicted octanol–water partition coefficient (Wildman–Crippen LogP) is 1.47. The summed E-state index contributed by atoms with van der Waals surface area (Å²) in [5.41, 5.74) is 7.33. The number of aliphatic hydroxyl groups excluding tert-OH is 1. The van der Waals surface area contributed by atoms with Crippen molar-refractivity contribution in [2.24, 2.45) is 5.92 Å². The molecule has 0 bridgehead atoms. The van der Waals surface area contributed by atoms with Crippen LogP contribution in [0.25, 0.3) is 0 Å². The van der Waals surface area contributed by atoms with Gasteiger partial charge in [-0.2, -0.15) is 0 Å². The number of fused-ring (bicyclic) bond motifs is 1. The van der Waals surface area contributed by atoms with Crippen molar-refractivity contribution < 1.29 is 14.6 Å². The van der Waals surface area contributed by atoms with E-state index in [-0.39, 0.29) is 12.6 Å². The predicted molar refractivity (Wildman–Crippen MR) is 71.2 cm³/mol. The monoisotopic (exact) mass is 252 g/mol. The van der Waals surface area contributed by atoms with Crippen LogP contribution in [0.15, 0.2) is 12.1 Å².